The third-order valence-corrected chi connectivity index (χ3v) is 4.61. The Bertz CT molecular complexity index is 993. The first-order chi connectivity index (χ1) is 10.8. The molecule has 4 aromatic carbocycles. The molecule has 0 aliphatic carbocycles. The molecule has 0 nitrogen and oxygen atoms in total. The van der Waals surface area contributed by atoms with Crippen LogP contribution in [0.2, 0.25) is 0 Å². The maximum Gasteiger partial charge on any atom is -0.00671 e. The Balaban J connectivity index is 2.26. The van der Waals surface area contributed by atoms with Crippen molar-refractivity contribution < 1.29 is 0 Å². The van der Waals surface area contributed by atoms with Crippen molar-refractivity contribution >= 4 is 21.5 Å². The molecule has 0 radical (unpaired) electrons. The van der Waals surface area contributed by atoms with E-state index in [4.69, 9.17) is 0 Å². The fraction of sp³-hybridized carbons (Fsp3) is 0.0909. The zero-order chi connectivity index (χ0) is 15.1. The molecule has 0 bridgehead atoms. The smallest absolute Gasteiger partial charge is 0.00671 e. The van der Waals surface area contributed by atoms with Crippen LogP contribution in [0.15, 0.2) is 72.8 Å². The van der Waals surface area contributed by atoms with Gasteiger partial charge in [-0.1, -0.05) is 72.8 Å². The summed E-state index contributed by atoms with van der Waals surface area (Å²) >= 11 is 0. The SMILES string of the molecule is Cc1ccccc1-c1c(C)c2ccccc2c2ccccc12. The highest BCUT2D eigenvalue weighted by Crippen LogP contribution is 2.39. The van der Waals surface area contributed by atoms with E-state index in [1.807, 2.05) is 0 Å². The average Bonchev–Trinajstić information content (AvgIpc) is 2.57. The molecule has 0 atom stereocenters. The maximum atomic E-state index is 2.25. The first kappa shape index (κ1) is 13.1. The Morgan fingerprint density at radius 3 is 1.68 bits per heavy atom. The lowest BCUT2D eigenvalue weighted by molar-refractivity contribution is 1.44. The van der Waals surface area contributed by atoms with Crippen LogP contribution < -0.4 is 0 Å². The minimum atomic E-state index is 1.33. The second kappa shape index (κ2) is 4.99. The molecule has 4 rings (SSSR count). The largest absolute Gasteiger partial charge is 0.0620 e. The van der Waals surface area contributed by atoms with Crippen LogP contribution in [0.25, 0.3) is 32.7 Å². The third kappa shape index (κ3) is 1.84. The Kier molecular flexibility index (Phi) is 2.97. The van der Waals surface area contributed by atoms with Gasteiger partial charge in [0.15, 0.2) is 0 Å². The summed E-state index contributed by atoms with van der Waals surface area (Å²) in [6.45, 7) is 4.44. The zero-order valence-electron chi connectivity index (χ0n) is 12.9. The molecular weight excluding hydrogens is 264 g/mol. The van der Waals surface area contributed by atoms with Crippen LogP contribution in [0, 0.1) is 13.8 Å². The Morgan fingerprint density at radius 1 is 0.500 bits per heavy atom. The van der Waals surface area contributed by atoms with Crippen molar-refractivity contribution in [1.29, 1.82) is 0 Å². The van der Waals surface area contributed by atoms with Crippen molar-refractivity contribution in [2.45, 2.75) is 13.8 Å². The van der Waals surface area contributed by atoms with E-state index in [0.29, 0.717) is 0 Å². The highest BCUT2D eigenvalue weighted by molar-refractivity contribution is 6.15. The van der Waals surface area contributed by atoms with Crippen molar-refractivity contribution in [2.75, 3.05) is 0 Å². The lowest BCUT2D eigenvalue weighted by Gasteiger charge is -2.16. The van der Waals surface area contributed by atoms with Gasteiger partial charge in [0.1, 0.15) is 0 Å². The van der Waals surface area contributed by atoms with Gasteiger partial charge in [0.25, 0.3) is 0 Å². The second-order valence-electron chi connectivity index (χ2n) is 5.91. The molecule has 0 fully saturated rings. The number of hydrogen-bond donors (Lipinski definition) is 0. The highest BCUT2D eigenvalue weighted by atomic mass is 14.2. The van der Waals surface area contributed by atoms with Crippen LogP contribution in [0.5, 0.6) is 0 Å². The lowest BCUT2D eigenvalue weighted by Crippen LogP contribution is -1.91. The van der Waals surface area contributed by atoms with E-state index in [0.717, 1.165) is 0 Å². The fourth-order valence-corrected chi connectivity index (χ4v) is 3.52. The molecule has 0 unspecified atom stereocenters. The maximum absolute atomic E-state index is 2.25. The van der Waals surface area contributed by atoms with Crippen LogP contribution in [0.4, 0.5) is 0 Å². The Labute approximate surface area is 131 Å². The van der Waals surface area contributed by atoms with Crippen LogP contribution in [-0.4, -0.2) is 0 Å². The van der Waals surface area contributed by atoms with Crippen molar-refractivity contribution in [1.82, 2.24) is 0 Å². The molecule has 0 N–H and O–H groups in total. The normalized spacial score (nSPS) is 11.2. The van der Waals surface area contributed by atoms with E-state index in [1.165, 1.54) is 43.8 Å². The molecule has 0 aromatic heterocycles. The predicted octanol–water partition coefficient (Wildman–Crippen LogP) is 6.28. The van der Waals surface area contributed by atoms with E-state index < -0.39 is 0 Å². The average molecular weight is 282 g/mol. The fourth-order valence-electron chi connectivity index (χ4n) is 3.52. The van der Waals surface area contributed by atoms with E-state index in [9.17, 15) is 0 Å². The summed E-state index contributed by atoms with van der Waals surface area (Å²) in [5.41, 5.74) is 5.39. The molecule has 22 heavy (non-hydrogen) atoms. The molecule has 0 saturated carbocycles. The van der Waals surface area contributed by atoms with Crippen LogP contribution in [0.3, 0.4) is 0 Å². The van der Waals surface area contributed by atoms with Crippen LogP contribution in [-0.2, 0) is 0 Å². The third-order valence-electron chi connectivity index (χ3n) is 4.61. The van der Waals surface area contributed by atoms with Crippen molar-refractivity contribution in [2.24, 2.45) is 0 Å². The van der Waals surface area contributed by atoms with Crippen molar-refractivity contribution in [3.8, 4) is 11.1 Å². The first-order valence-electron chi connectivity index (χ1n) is 7.73. The molecule has 106 valence electrons. The molecule has 0 aliphatic heterocycles. The molecule has 0 aliphatic rings. The van der Waals surface area contributed by atoms with Crippen molar-refractivity contribution in [3.63, 3.8) is 0 Å². The quantitative estimate of drug-likeness (QED) is 0.360. The predicted molar refractivity (Wildman–Crippen MR) is 96.4 cm³/mol. The van der Waals surface area contributed by atoms with Gasteiger partial charge in [-0.15, -0.1) is 0 Å². The summed E-state index contributed by atoms with van der Waals surface area (Å²) in [5, 5.41) is 5.36. The van der Waals surface area contributed by atoms with E-state index in [-0.39, 0.29) is 0 Å². The zero-order valence-corrected chi connectivity index (χ0v) is 12.9. The number of fused-ring (bicyclic) bond motifs is 3. The van der Waals surface area contributed by atoms with Crippen LogP contribution >= 0.6 is 0 Å². The minimum absolute atomic E-state index is 1.33. The van der Waals surface area contributed by atoms with E-state index >= 15 is 0 Å². The molecule has 0 heterocycles. The minimum Gasteiger partial charge on any atom is -0.0620 e. The topological polar surface area (TPSA) is 0 Å². The number of hydrogen-bond acceptors (Lipinski definition) is 0. The van der Waals surface area contributed by atoms with Gasteiger partial charge in [0, 0.05) is 0 Å². The summed E-state index contributed by atoms with van der Waals surface area (Å²) in [6.07, 6.45) is 0. The molecule has 4 aromatic rings. The van der Waals surface area contributed by atoms with Crippen LogP contribution in [0.1, 0.15) is 11.1 Å². The molecule has 0 amide bonds. The van der Waals surface area contributed by atoms with Gasteiger partial charge < -0.3 is 0 Å². The van der Waals surface area contributed by atoms with Gasteiger partial charge in [-0.05, 0) is 57.6 Å². The van der Waals surface area contributed by atoms with E-state index in [2.05, 4.69) is 86.6 Å². The summed E-state index contributed by atoms with van der Waals surface area (Å²) in [6, 6.07) is 26.1. The second-order valence-corrected chi connectivity index (χ2v) is 5.91. The van der Waals surface area contributed by atoms with Gasteiger partial charge in [0.2, 0.25) is 0 Å². The monoisotopic (exact) mass is 282 g/mol. The van der Waals surface area contributed by atoms with Gasteiger partial charge in [-0.3, -0.25) is 0 Å². The number of benzene rings is 4. The highest BCUT2D eigenvalue weighted by Gasteiger charge is 2.13. The summed E-state index contributed by atoms with van der Waals surface area (Å²) in [5.74, 6) is 0. The summed E-state index contributed by atoms with van der Waals surface area (Å²) in [4.78, 5) is 0. The Morgan fingerprint density at radius 2 is 1.00 bits per heavy atom. The number of aryl methyl sites for hydroxylation is 2. The van der Waals surface area contributed by atoms with Gasteiger partial charge in [0.05, 0.1) is 0 Å². The summed E-state index contributed by atoms with van der Waals surface area (Å²) in [7, 11) is 0. The van der Waals surface area contributed by atoms with Crippen molar-refractivity contribution in [3.05, 3.63) is 83.9 Å². The molecule has 0 heteroatoms. The summed E-state index contributed by atoms with van der Waals surface area (Å²) < 4.78 is 0. The molecular formula is C22H18. The van der Waals surface area contributed by atoms with Gasteiger partial charge in [-0.2, -0.15) is 0 Å². The Hall–Kier alpha value is -2.60. The standard InChI is InChI=1S/C22H18/c1-15-9-3-4-10-17(15)22-16(2)18-11-5-6-12-19(18)20-13-7-8-14-21(20)22/h3-14H,1-2H3. The molecule has 0 saturated heterocycles. The lowest BCUT2D eigenvalue weighted by atomic mass is 9.87. The van der Waals surface area contributed by atoms with Gasteiger partial charge >= 0.3 is 0 Å². The van der Waals surface area contributed by atoms with E-state index in [1.54, 1.807) is 0 Å². The molecule has 0 spiro atoms. The number of rotatable bonds is 1. The first-order valence-corrected chi connectivity index (χ1v) is 7.73. The van der Waals surface area contributed by atoms with Gasteiger partial charge in [-0.25, -0.2) is 0 Å².